The molecule has 1 aliphatic rings. The number of nitrogens with one attached hydrogen (secondary N) is 1. The first kappa shape index (κ1) is 17.9. The third-order valence-electron chi connectivity index (χ3n) is 4.37. The number of carbonyl (C=O) groups excluding carboxylic acids is 2. The summed E-state index contributed by atoms with van der Waals surface area (Å²) in [4.78, 5) is 25.5. The van der Waals surface area contributed by atoms with Gasteiger partial charge >= 0.3 is 0 Å². The van der Waals surface area contributed by atoms with Crippen LogP contribution in [0.25, 0.3) is 0 Å². The maximum Gasteiger partial charge on any atom is 0.234 e. The molecular formula is C17H24BrN3O2. The van der Waals surface area contributed by atoms with E-state index < -0.39 is 0 Å². The molecule has 3 N–H and O–H groups in total. The van der Waals surface area contributed by atoms with Crippen LogP contribution in [0.2, 0.25) is 0 Å². The lowest BCUT2D eigenvalue weighted by molar-refractivity contribution is -0.124. The number of carbonyl (C=O) groups is 2. The summed E-state index contributed by atoms with van der Waals surface area (Å²) in [5, 5.41) is 3.10. The summed E-state index contributed by atoms with van der Waals surface area (Å²) in [6.45, 7) is 3.93. The van der Waals surface area contributed by atoms with E-state index in [0.29, 0.717) is 6.54 Å². The minimum Gasteiger partial charge on any atom is -0.369 e. The van der Waals surface area contributed by atoms with Crippen LogP contribution >= 0.6 is 15.9 Å². The summed E-state index contributed by atoms with van der Waals surface area (Å²) in [5.74, 6) is -0.242. The molecule has 5 nitrogen and oxygen atoms in total. The van der Waals surface area contributed by atoms with E-state index in [9.17, 15) is 9.59 Å². The molecule has 0 saturated carbocycles. The zero-order valence-electron chi connectivity index (χ0n) is 13.4. The number of amides is 2. The fraction of sp³-hybridized carbons (Fsp3) is 0.529. The fourth-order valence-electron chi connectivity index (χ4n) is 2.93. The van der Waals surface area contributed by atoms with Crippen LogP contribution in [0.4, 0.5) is 0 Å². The first-order valence-electron chi connectivity index (χ1n) is 8.06. The predicted octanol–water partition coefficient (Wildman–Crippen LogP) is 2.21. The van der Waals surface area contributed by atoms with E-state index in [1.807, 2.05) is 24.3 Å². The van der Waals surface area contributed by atoms with Gasteiger partial charge in [-0.15, -0.1) is 0 Å². The number of nitrogens with two attached hydrogens (primary N) is 1. The van der Waals surface area contributed by atoms with Crippen molar-refractivity contribution in [3.63, 3.8) is 0 Å². The standard InChI is InChI=1S/C17H24BrN3O2/c1-2-15(12-3-5-14(18)6-4-12)20-16(22)11-21-9-7-13(8-10-21)17(19)23/h3-6,13,15H,2,7-11H2,1H3,(H2,19,23)(H,20,22)/t15-/m0/s1. The second kappa shape index (κ2) is 8.45. The van der Waals surface area contributed by atoms with Gasteiger partial charge in [-0.05, 0) is 50.0 Å². The Morgan fingerprint density at radius 1 is 1.30 bits per heavy atom. The highest BCUT2D eigenvalue weighted by Gasteiger charge is 2.24. The van der Waals surface area contributed by atoms with Crippen LogP contribution in [0.15, 0.2) is 28.7 Å². The van der Waals surface area contributed by atoms with Gasteiger partial charge in [0.15, 0.2) is 0 Å². The van der Waals surface area contributed by atoms with E-state index >= 15 is 0 Å². The molecule has 2 rings (SSSR count). The van der Waals surface area contributed by atoms with Crippen molar-refractivity contribution >= 4 is 27.7 Å². The number of primary amides is 1. The van der Waals surface area contributed by atoms with Gasteiger partial charge in [0.05, 0.1) is 12.6 Å². The van der Waals surface area contributed by atoms with Gasteiger partial charge in [0.1, 0.15) is 0 Å². The molecule has 1 saturated heterocycles. The minimum absolute atomic E-state index is 0.0253. The summed E-state index contributed by atoms with van der Waals surface area (Å²) in [7, 11) is 0. The smallest absolute Gasteiger partial charge is 0.234 e. The van der Waals surface area contributed by atoms with Crippen molar-refractivity contribution in [2.24, 2.45) is 11.7 Å². The number of nitrogens with zero attached hydrogens (tertiary/aromatic N) is 1. The predicted molar refractivity (Wildman–Crippen MR) is 93.7 cm³/mol. The highest BCUT2D eigenvalue weighted by molar-refractivity contribution is 9.10. The molecule has 1 fully saturated rings. The van der Waals surface area contributed by atoms with Gasteiger partial charge < -0.3 is 11.1 Å². The van der Waals surface area contributed by atoms with Crippen molar-refractivity contribution in [3.05, 3.63) is 34.3 Å². The van der Waals surface area contributed by atoms with Crippen LogP contribution in [-0.2, 0) is 9.59 Å². The molecule has 0 aliphatic carbocycles. The minimum atomic E-state index is -0.226. The molecule has 0 aromatic heterocycles. The number of hydrogen-bond acceptors (Lipinski definition) is 3. The maximum atomic E-state index is 12.3. The van der Waals surface area contributed by atoms with Crippen LogP contribution in [0.1, 0.15) is 37.8 Å². The summed E-state index contributed by atoms with van der Waals surface area (Å²) < 4.78 is 1.03. The lowest BCUT2D eigenvalue weighted by atomic mass is 9.96. The van der Waals surface area contributed by atoms with Gasteiger partial charge in [0, 0.05) is 10.4 Å². The van der Waals surface area contributed by atoms with Crippen LogP contribution in [-0.4, -0.2) is 36.3 Å². The number of likely N-dealkylation sites (tertiary alicyclic amines) is 1. The number of halogens is 1. The monoisotopic (exact) mass is 381 g/mol. The van der Waals surface area contributed by atoms with Crippen LogP contribution < -0.4 is 11.1 Å². The summed E-state index contributed by atoms with van der Waals surface area (Å²) >= 11 is 3.42. The number of hydrogen-bond donors (Lipinski definition) is 2. The van der Waals surface area contributed by atoms with Crippen LogP contribution in [0, 0.1) is 5.92 Å². The van der Waals surface area contributed by atoms with E-state index in [0.717, 1.165) is 42.4 Å². The highest BCUT2D eigenvalue weighted by Crippen LogP contribution is 2.20. The number of benzene rings is 1. The third kappa shape index (κ3) is 5.32. The van der Waals surface area contributed by atoms with E-state index in [1.165, 1.54) is 0 Å². The van der Waals surface area contributed by atoms with Crippen molar-refractivity contribution in [1.29, 1.82) is 0 Å². The number of piperidine rings is 1. The molecule has 0 radical (unpaired) electrons. The van der Waals surface area contributed by atoms with Gasteiger partial charge in [-0.2, -0.15) is 0 Å². The largest absolute Gasteiger partial charge is 0.369 e. The average molecular weight is 382 g/mol. The molecule has 0 spiro atoms. The summed E-state index contributed by atoms with van der Waals surface area (Å²) in [6.07, 6.45) is 2.33. The maximum absolute atomic E-state index is 12.3. The van der Waals surface area contributed by atoms with Crippen molar-refractivity contribution in [1.82, 2.24) is 10.2 Å². The summed E-state index contributed by atoms with van der Waals surface area (Å²) in [5.41, 5.74) is 6.44. The molecule has 23 heavy (non-hydrogen) atoms. The van der Waals surface area contributed by atoms with E-state index in [1.54, 1.807) is 0 Å². The zero-order valence-corrected chi connectivity index (χ0v) is 15.0. The van der Waals surface area contributed by atoms with Gasteiger partial charge in [0.25, 0.3) is 0 Å². The molecule has 1 atom stereocenters. The lowest BCUT2D eigenvalue weighted by Crippen LogP contribution is -2.44. The Bertz CT molecular complexity index is 539. The molecule has 1 aromatic rings. The van der Waals surface area contributed by atoms with Crippen molar-refractivity contribution in [2.45, 2.75) is 32.2 Å². The molecule has 1 aromatic carbocycles. The van der Waals surface area contributed by atoms with E-state index in [-0.39, 0.29) is 23.8 Å². The van der Waals surface area contributed by atoms with Crippen molar-refractivity contribution in [2.75, 3.05) is 19.6 Å². The Labute approximate surface area is 145 Å². The molecule has 2 amide bonds. The Balaban J connectivity index is 1.84. The number of rotatable bonds is 6. The van der Waals surface area contributed by atoms with E-state index in [2.05, 4.69) is 33.1 Å². The van der Waals surface area contributed by atoms with Crippen molar-refractivity contribution in [3.8, 4) is 0 Å². The zero-order chi connectivity index (χ0) is 16.8. The van der Waals surface area contributed by atoms with Gasteiger partial charge in [-0.25, -0.2) is 0 Å². The highest BCUT2D eigenvalue weighted by atomic mass is 79.9. The molecular weight excluding hydrogens is 358 g/mol. The van der Waals surface area contributed by atoms with Crippen LogP contribution in [0.5, 0.6) is 0 Å². The SMILES string of the molecule is CC[C@H](NC(=O)CN1CCC(C(N)=O)CC1)c1ccc(Br)cc1. The lowest BCUT2D eigenvalue weighted by Gasteiger charge is -2.30. The van der Waals surface area contributed by atoms with Gasteiger partial charge in [-0.3, -0.25) is 14.5 Å². The molecule has 0 bridgehead atoms. The quantitative estimate of drug-likeness (QED) is 0.792. The molecule has 126 valence electrons. The Morgan fingerprint density at radius 2 is 1.91 bits per heavy atom. The van der Waals surface area contributed by atoms with Gasteiger partial charge in [0.2, 0.25) is 11.8 Å². The van der Waals surface area contributed by atoms with E-state index in [4.69, 9.17) is 5.73 Å². The second-order valence-electron chi connectivity index (χ2n) is 6.03. The van der Waals surface area contributed by atoms with Crippen molar-refractivity contribution < 1.29 is 9.59 Å². The molecule has 0 unspecified atom stereocenters. The van der Waals surface area contributed by atoms with Gasteiger partial charge in [-0.1, -0.05) is 35.0 Å². The molecule has 6 heteroatoms. The Kier molecular flexibility index (Phi) is 6.59. The normalized spacial score (nSPS) is 17.7. The first-order chi connectivity index (χ1) is 11.0. The Morgan fingerprint density at radius 3 is 2.43 bits per heavy atom. The molecule has 1 heterocycles. The first-order valence-corrected chi connectivity index (χ1v) is 8.85. The summed E-state index contributed by atoms with van der Waals surface area (Å²) in [6, 6.07) is 8.05. The third-order valence-corrected chi connectivity index (χ3v) is 4.90. The topological polar surface area (TPSA) is 75.4 Å². The fourth-order valence-corrected chi connectivity index (χ4v) is 3.20. The Hall–Kier alpha value is -1.40. The molecule has 1 aliphatic heterocycles. The average Bonchev–Trinajstić information content (AvgIpc) is 2.54. The van der Waals surface area contributed by atoms with Crippen LogP contribution in [0.3, 0.4) is 0 Å². The second-order valence-corrected chi connectivity index (χ2v) is 6.95.